The van der Waals surface area contributed by atoms with Crippen molar-refractivity contribution in [1.82, 2.24) is 0 Å². The number of aliphatic carboxylic acids is 1. The Bertz CT molecular complexity index is 431. The number of hydrogen-bond donors (Lipinski definition) is 2. The van der Waals surface area contributed by atoms with Crippen molar-refractivity contribution >= 4 is 5.97 Å². The summed E-state index contributed by atoms with van der Waals surface area (Å²) in [5, 5.41) is 18.0. The first-order chi connectivity index (χ1) is 7.32. The molecule has 0 heterocycles. The first-order valence-electron chi connectivity index (χ1n) is 4.92. The van der Waals surface area contributed by atoms with Crippen LogP contribution in [-0.2, 0) is 11.2 Å². The third-order valence-electron chi connectivity index (χ3n) is 1.33. The van der Waals surface area contributed by atoms with Crippen LogP contribution in [0.1, 0.15) is 9.68 Å². The maximum Gasteiger partial charge on any atom is 0.307 e. The molecule has 0 saturated carbocycles. The molecule has 0 fully saturated rings. The quantitative estimate of drug-likeness (QED) is 0.738. The lowest BCUT2D eigenvalue weighted by atomic mass is 10.1. The van der Waals surface area contributed by atoms with Crippen LogP contribution in [-0.4, -0.2) is 23.3 Å². The molecule has 70 valence electrons. The smallest absolute Gasteiger partial charge is 0.307 e. The first-order valence-corrected chi connectivity index (χ1v) is 3.42. The van der Waals surface area contributed by atoms with Crippen LogP contribution in [0.3, 0.4) is 0 Å². The summed E-state index contributed by atoms with van der Waals surface area (Å²) >= 11 is 0. The molecule has 0 bridgehead atoms. The molecule has 2 N–H and O–H groups in total. The molecule has 0 amide bonds. The van der Waals surface area contributed by atoms with Crippen LogP contribution < -0.4 is 4.74 Å². The molecule has 0 spiro atoms. The molecule has 4 nitrogen and oxygen atoms in total. The third-order valence-corrected chi connectivity index (χ3v) is 1.33. The fraction of sp³-hybridized carbons (Fsp3) is 0.222. The zero-order chi connectivity index (χ0) is 12.5. The molecule has 0 aliphatic carbocycles. The second kappa shape index (κ2) is 3.80. The molecular formula is C9H10O4. The van der Waals surface area contributed by atoms with Crippen molar-refractivity contribution in [2.75, 3.05) is 7.11 Å². The highest BCUT2D eigenvalue weighted by molar-refractivity contribution is 5.70. The molecule has 0 atom stereocenters. The van der Waals surface area contributed by atoms with Gasteiger partial charge < -0.3 is 14.9 Å². The summed E-state index contributed by atoms with van der Waals surface area (Å²) < 4.78 is 26.9. The fourth-order valence-electron chi connectivity index (χ4n) is 0.810. The predicted molar refractivity (Wildman–Crippen MR) is 46.0 cm³/mol. The normalized spacial score (nSPS) is 14.1. The average molecular weight is 185 g/mol. The number of carboxylic acids is 1. The number of phenolic OH excluding ortho intramolecular Hbond substituents is 1. The van der Waals surface area contributed by atoms with E-state index in [1.165, 1.54) is 7.11 Å². The van der Waals surface area contributed by atoms with E-state index in [-0.39, 0.29) is 17.1 Å². The van der Waals surface area contributed by atoms with E-state index in [0.717, 1.165) is 12.1 Å². The first kappa shape index (κ1) is 5.85. The molecule has 1 aromatic rings. The van der Waals surface area contributed by atoms with Gasteiger partial charge in [0, 0.05) is 2.74 Å². The highest BCUT2D eigenvalue weighted by atomic mass is 16.5. The van der Waals surface area contributed by atoms with E-state index in [2.05, 4.69) is 0 Å². The van der Waals surface area contributed by atoms with E-state index in [9.17, 15) is 9.90 Å². The van der Waals surface area contributed by atoms with Crippen molar-refractivity contribution in [1.29, 1.82) is 0 Å². The van der Waals surface area contributed by atoms with Crippen molar-refractivity contribution in [3.8, 4) is 11.5 Å². The average Bonchev–Trinajstić information content (AvgIpc) is 2.17. The second-order valence-electron chi connectivity index (χ2n) is 2.22. The van der Waals surface area contributed by atoms with Crippen LogP contribution in [0, 0.1) is 0 Å². The largest absolute Gasteiger partial charge is 0.504 e. The monoisotopic (exact) mass is 185 g/mol. The summed E-state index contributed by atoms with van der Waals surface area (Å²) in [6.45, 7) is 0. The molecule has 0 radical (unpaired) electrons. The van der Waals surface area contributed by atoms with E-state index < -0.39 is 18.4 Å². The van der Waals surface area contributed by atoms with Crippen molar-refractivity contribution < 1.29 is 23.9 Å². The zero-order valence-corrected chi connectivity index (χ0v) is 6.87. The number of methoxy groups -OCH3 is 1. The van der Waals surface area contributed by atoms with Gasteiger partial charge in [0.05, 0.1) is 14.9 Å². The van der Waals surface area contributed by atoms with Gasteiger partial charge in [0.25, 0.3) is 0 Å². The Hall–Kier alpha value is -1.71. The second-order valence-corrected chi connectivity index (χ2v) is 2.22. The Morgan fingerprint density at radius 1 is 1.77 bits per heavy atom. The molecule has 0 saturated heterocycles. The number of carbonyl (C=O) groups is 1. The van der Waals surface area contributed by atoms with Crippen LogP contribution in [0.15, 0.2) is 18.2 Å². The van der Waals surface area contributed by atoms with Gasteiger partial charge in [-0.1, -0.05) is 6.07 Å². The maximum atomic E-state index is 10.7. The Labute approximate surface area is 79.6 Å². The molecule has 1 aromatic carbocycles. The maximum absolute atomic E-state index is 10.7. The lowest BCUT2D eigenvalue weighted by molar-refractivity contribution is -0.136. The summed E-state index contributed by atoms with van der Waals surface area (Å²) in [7, 11) is 1.20. The van der Waals surface area contributed by atoms with Gasteiger partial charge in [0.1, 0.15) is 0 Å². The third kappa shape index (κ3) is 2.37. The lowest BCUT2D eigenvalue weighted by Gasteiger charge is -2.04. The molecule has 1 rings (SSSR count). The molecule has 13 heavy (non-hydrogen) atoms. The summed E-state index contributed by atoms with van der Waals surface area (Å²) in [6.07, 6.45) is -2.70. The van der Waals surface area contributed by atoms with Crippen LogP contribution in [0.25, 0.3) is 0 Å². The Balaban J connectivity index is 3.42. The minimum absolute atomic E-state index is 0.248. The molecular weight excluding hydrogens is 172 g/mol. The minimum atomic E-state index is -2.70. The van der Waals surface area contributed by atoms with E-state index in [0.29, 0.717) is 0 Å². The van der Waals surface area contributed by atoms with Crippen molar-refractivity contribution in [2.24, 2.45) is 0 Å². The Kier molecular flexibility index (Phi) is 1.71. The number of aromatic hydroxyl groups is 1. The van der Waals surface area contributed by atoms with E-state index in [1.807, 2.05) is 0 Å². The molecule has 0 aliphatic heterocycles. The molecule has 0 aromatic heterocycles. The van der Waals surface area contributed by atoms with Crippen LogP contribution in [0.4, 0.5) is 0 Å². The highest BCUT2D eigenvalue weighted by Crippen LogP contribution is 2.26. The Morgan fingerprint density at radius 2 is 2.46 bits per heavy atom. The SMILES string of the molecule is [2H]c1c(C([2H])([2H])C(=O)O)ccc(O)c1OC. The topological polar surface area (TPSA) is 66.8 Å². The fourth-order valence-corrected chi connectivity index (χ4v) is 0.810. The van der Waals surface area contributed by atoms with Gasteiger partial charge in [-0.2, -0.15) is 0 Å². The van der Waals surface area contributed by atoms with Crippen molar-refractivity contribution in [3.05, 3.63) is 23.7 Å². The van der Waals surface area contributed by atoms with E-state index in [4.69, 9.17) is 14.0 Å². The van der Waals surface area contributed by atoms with Crippen LogP contribution >= 0.6 is 0 Å². The molecule has 4 heteroatoms. The van der Waals surface area contributed by atoms with Crippen molar-refractivity contribution in [2.45, 2.75) is 6.37 Å². The van der Waals surface area contributed by atoms with Gasteiger partial charge in [0.15, 0.2) is 11.5 Å². The van der Waals surface area contributed by atoms with E-state index >= 15 is 0 Å². The predicted octanol–water partition coefficient (Wildman–Crippen LogP) is 1.03. The molecule has 0 unspecified atom stereocenters. The summed E-state index contributed by atoms with van der Waals surface area (Å²) in [5.41, 5.74) is -0.366. The number of carboxylic acid groups (broad SMARTS) is 1. The van der Waals surface area contributed by atoms with Gasteiger partial charge in [-0.3, -0.25) is 4.79 Å². The van der Waals surface area contributed by atoms with Gasteiger partial charge in [0.2, 0.25) is 0 Å². The summed E-state index contributed by atoms with van der Waals surface area (Å²) in [6, 6.07) is 1.66. The number of benzene rings is 1. The zero-order valence-electron chi connectivity index (χ0n) is 9.87. The van der Waals surface area contributed by atoms with Gasteiger partial charge >= 0.3 is 5.97 Å². The van der Waals surface area contributed by atoms with Gasteiger partial charge in [-0.05, 0) is 17.7 Å². The minimum Gasteiger partial charge on any atom is -0.504 e. The lowest BCUT2D eigenvalue weighted by Crippen LogP contribution is -2.00. The number of hydrogen-bond acceptors (Lipinski definition) is 3. The van der Waals surface area contributed by atoms with E-state index in [1.54, 1.807) is 0 Å². The number of ether oxygens (including phenoxy) is 1. The summed E-state index contributed by atoms with van der Waals surface area (Å²) in [4.78, 5) is 10.7. The molecule has 0 aliphatic rings. The Morgan fingerprint density at radius 3 is 3.00 bits per heavy atom. The van der Waals surface area contributed by atoms with Gasteiger partial charge in [-0.15, -0.1) is 0 Å². The summed E-state index contributed by atoms with van der Waals surface area (Å²) in [5.74, 6) is -2.28. The standard InChI is InChI=1S/C9H10O4/c1-13-8-4-6(5-9(11)12)2-3-7(8)10/h2-4,10H,5H2,1H3,(H,11,12)/i4D,5D2. The van der Waals surface area contributed by atoms with Crippen LogP contribution in [0.5, 0.6) is 11.5 Å². The van der Waals surface area contributed by atoms with Crippen molar-refractivity contribution in [3.63, 3.8) is 0 Å². The number of phenols is 1. The van der Waals surface area contributed by atoms with Crippen LogP contribution in [0.2, 0.25) is 0 Å². The van der Waals surface area contributed by atoms with Gasteiger partial charge in [-0.25, -0.2) is 0 Å². The number of rotatable bonds is 3. The highest BCUT2D eigenvalue weighted by Gasteiger charge is 2.05.